The highest BCUT2D eigenvalue weighted by atomic mass is 16.5. The van der Waals surface area contributed by atoms with Gasteiger partial charge in [0.1, 0.15) is 23.2 Å². The number of nitrogens with zero attached hydrogens (tertiary/aromatic N) is 3. The highest BCUT2D eigenvalue weighted by molar-refractivity contribution is 5.91. The summed E-state index contributed by atoms with van der Waals surface area (Å²) >= 11 is 0. The summed E-state index contributed by atoms with van der Waals surface area (Å²) in [5, 5.41) is 7.73. The monoisotopic (exact) mass is 357 g/mol. The van der Waals surface area contributed by atoms with Gasteiger partial charge >= 0.3 is 0 Å². The number of anilines is 4. The van der Waals surface area contributed by atoms with Crippen molar-refractivity contribution in [3.63, 3.8) is 0 Å². The van der Waals surface area contributed by atoms with Gasteiger partial charge < -0.3 is 15.4 Å². The van der Waals surface area contributed by atoms with E-state index in [1.54, 1.807) is 13.3 Å². The predicted octanol–water partition coefficient (Wildman–Crippen LogP) is 4.83. The van der Waals surface area contributed by atoms with Crippen LogP contribution in [0.15, 0.2) is 66.9 Å². The zero-order valence-electron chi connectivity index (χ0n) is 15.1. The molecule has 6 nitrogen and oxygen atoms in total. The molecule has 27 heavy (non-hydrogen) atoms. The smallest absolute Gasteiger partial charge is 0.136 e. The summed E-state index contributed by atoms with van der Waals surface area (Å²) < 4.78 is 5.19. The summed E-state index contributed by atoms with van der Waals surface area (Å²) in [6, 6.07) is 19.5. The molecular formula is C21H19N5O. The van der Waals surface area contributed by atoms with Gasteiger partial charge in [0.15, 0.2) is 0 Å². The number of aromatic nitrogens is 3. The largest absolute Gasteiger partial charge is 0.497 e. The summed E-state index contributed by atoms with van der Waals surface area (Å²) in [7, 11) is 1.65. The van der Waals surface area contributed by atoms with Crippen LogP contribution in [0, 0.1) is 6.92 Å². The van der Waals surface area contributed by atoms with Gasteiger partial charge in [-0.05, 0) is 43.3 Å². The summed E-state index contributed by atoms with van der Waals surface area (Å²) in [4.78, 5) is 13.4. The van der Waals surface area contributed by atoms with Gasteiger partial charge in [-0.3, -0.25) is 4.98 Å². The molecule has 0 spiro atoms. The number of aryl methyl sites for hydroxylation is 1. The van der Waals surface area contributed by atoms with Crippen molar-refractivity contribution in [1.29, 1.82) is 0 Å². The third kappa shape index (κ3) is 3.79. The van der Waals surface area contributed by atoms with E-state index in [1.807, 2.05) is 67.6 Å². The maximum atomic E-state index is 5.19. The summed E-state index contributed by atoms with van der Waals surface area (Å²) in [5.74, 6) is 2.90. The molecule has 2 heterocycles. The molecule has 0 fully saturated rings. The van der Waals surface area contributed by atoms with Crippen molar-refractivity contribution in [2.24, 2.45) is 0 Å². The second-order valence-electron chi connectivity index (χ2n) is 6.04. The van der Waals surface area contributed by atoms with Gasteiger partial charge in [-0.15, -0.1) is 0 Å². The van der Waals surface area contributed by atoms with E-state index in [0.29, 0.717) is 17.5 Å². The van der Waals surface area contributed by atoms with E-state index in [4.69, 9.17) is 4.74 Å². The Hall–Kier alpha value is -3.67. The summed E-state index contributed by atoms with van der Waals surface area (Å²) in [5.41, 5.74) is 2.73. The fraction of sp³-hybridized carbons (Fsp3) is 0.0952. The molecule has 134 valence electrons. The Balaban J connectivity index is 1.61. The zero-order valence-corrected chi connectivity index (χ0v) is 15.1. The molecule has 6 heteroatoms. The molecule has 0 unspecified atom stereocenters. The van der Waals surface area contributed by atoms with Gasteiger partial charge in [-0.1, -0.05) is 18.2 Å². The van der Waals surface area contributed by atoms with Crippen molar-refractivity contribution >= 4 is 33.9 Å². The van der Waals surface area contributed by atoms with Crippen LogP contribution < -0.4 is 15.4 Å². The molecular weight excluding hydrogens is 338 g/mol. The average molecular weight is 357 g/mol. The maximum Gasteiger partial charge on any atom is 0.136 e. The molecule has 0 aliphatic heterocycles. The first-order chi connectivity index (χ1) is 13.2. The van der Waals surface area contributed by atoms with E-state index >= 15 is 0 Å². The number of para-hydroxylation sites is 1. The fourth-order valence-electron chi connectivity index (χ4n) is 2.86. The Morgan fingerprint density at radius 1 is 0.852 bits per heavy atom. The first kappa shape index (κ1) is 16.8. The number of rotatable bonds is 5. The molecule has 0 saturated heterocycles. The van der Waals surface area contributed by atoms with Gasteiger partial charge in [0.25, 0.3) is 0 Å². The number of benzene rings is 2. The van der Waals surface area contributed by atoms with Crippen molar-refractivity contribution in [3.05, 3.63) is 72.7 Å². The molecule has 2 aromatic carbocycles. The molecule has 0 radical (unpaired) electrons. The van der Waals surface area contributed by atoms with Crippen LogP contribution in [0.2, 0.25) is 0 Å². The van der Waals surface area contributed by atoms with Gasteiger partial charge in [0.05, 0.1) is 18.3 Å². The van der Waals surface area contributed by atoms with Crippen LogP contribution in [-0.4, -0.2) is 22.1 Å². The van der Waals surface area contributed by atoms with Crippen molar-refractivity contribution in [2.75, 3.05) is 17.7 Å². The third-order valence-corrected chi connectivity index (χ3v) is 4.10. The minimum Gasteiger partial charge on any atom is -0.497 e. The number of ether oxygens (including phenoxy) is 1. The first-order valence-electron chi connectivity index (χ1n) is 8.59. The van der Waals surface area contributed by atoms with Crippen molar-refractivity contribution in [3.8, 4) is 5.75 Å². The highest BCUT2D eigenvalue weighted by Gasteiger charge is 2.06. The van der Waals surface area contributed by atoms with Crippen LogP contribution in [-0.2, 0) is 0 Å². The third-order valence-electron chi connectivity index (χ3n) is 4.10. The van der Waals surface area contributed by atoms with Gasteiger partial charge in [-0.2, -0.15) is 0 Å². The number of fused-ring (bicyclic) bond motifs is 1. The van der Waals surface area contributed by atoms with Crippen LogP contribution in [0.1, 0.15) is 5.82 Å². The van der Waals surface area contributed by atoms with Crippen LogP contribution in [0.4, 0.5) is 23.0 Å². The highest BCUT2D eigenvalue weighted by Crippen LogP contribution is 2.26. The quantitative estimate of drug-likeness (QED) is 0.533. The number of hydrogen-bond donors (Lipinski definition) is 2. The second-order valence-corrected chi connectivity index (χ2v) is 6.04. The minimum absolute atomic E-state index is 0.671. The lowest BCUT2D eigenvalue weighted by Gasteiger charge is -2.12. The fourth-order valence-corrected chi connectivity index (χ4v) is 2.86. The predicted molar refractivity (Wildman–Crippen MR) is 108 cm³/mol. The SMILES string of the molecule is COc1ccc(Nc2cc(Nc3cccc4cccnc34)nc(C)n2)cc1. The average Bonchev–Trinajstić information content (AvgIpc) is 2.68. The lowest BCUT2D eigenvalue weighted by atomic mass is 10.2. The van der Waals surface area contributed by atoms with E-state index in [9.17, 15) is 0 Å². The summed E-state index contributed by atoms with van der Waals surface area (Å²) in [6.07, 6.45) is 1.79. The molecule has 0 saturated carbocycles. The Morgan fingerprint density at radius 2 is 1.59 bits per heavy atom. The molecule has 0 amide bonds. The first-order valence-corrected chi connectivity index (χ1v) is 8.59. The molecule has 0 aliphatic rings. The van der Waals surface area contributed by atoms with E-state index in [0.717, 1.165) is 28.0 Å². The van der Waals surface area contributed by atoms with Crippen molar-refractivity contribution in [1.82, 2.24) is 15.0 Å². The lowest BCUT2D eigenvalue weighted by molar-refractivity contribution is 0.415. The Morgan fingerprint density at radius 3 is 2.37 bits per heavy atom. The number of pyridine rings is 1. The number of nitrogens with one attached hydrogen (secondary N) is 2. The lowest BCUT2D eigenvalue weighted by Crippen LogP contribution is -2.02. The van der Waals surface area contributed by atoms with Crippen LogP contribution in [0.3, 0.4) is 0 Å². The minimum atomic E-state index is 0.671. The van der Waals surface area contributed by atoms with E-state index in [2.05, 4.69) is 25.6 Å². The van der Waals surface area contributed by atoms with Gasteiger partial charge in [0, 0.05) is 23.3 Å². The van der Waals surface area contributed by atoms with Gasteiger partial charge in [-0.25, -0.2) is 9.97 Å². The molecule has 0 aliphatic carbocycles. The molecule has 4 rings (SSSR count). The zero-order chi connectivity index (χ0) is 18.6. The van der Waals surface area contributed by atoms with Crippen LogP contribution in [0.5, 0.6) is 5.75 Å². The normalized spacial score (nSPS) is 10.6. The van der Waals surface area contributed by atoms with E-state index in [-0.39, 0.29) is 0 Å². The standard InChI is InChI=1S/C21H19N5O/c1-14-23-19(25-16-8-10-17(27-2)11-9-16)13-20(24-14)26-18-7-3-5-15-6-4-12-22-21(15)18/h3-13H,1-2H3,(H2,23,24,25,26). The molecule has 4 aromatic rings. The van der Waals surface area contributed by atoms with E-state index < -0.39 is 0 Å². The Kier molecular flexibility index (Phi) is 4.53. The molecule has 2 N–H and O–H groups in total. The number of hydrogen-bond acceptors (Lipinski definition) is 6. The van der Waals surface area contributed by atoms with E-state index in [1.165, 1.54) is 0 Å². The molecule has 2 aromatic heterocycles. The van der Waals surface area contributed by atoms with Crippen molar-refractivity contribution in [2.45, 2.75) is 6.92 Å². The molecule has 0 bridgehead atoms. The van der Waals surface area contributed by atoms with Gasteiger partial charge in [0.2, 0.25) is 0 Å². The molecule has 0 atom stereocenters. The second kappa shape index (κ2) is 7.29. The Labute approximate surface area is 157 Å². The van der Waals surface area contributed by atoms with Crippen LogP contribution >= 0.6 is 0 Å². The topological polar surface area (TPSA) is 72.0 Å². The maximum absolute atomic E-state index is 5.19. The number of methoxy groups -OCH3 is 1. The summed E-state index contributed by atoms with van der Waals surface area (Å²) in [6.45, 7) is 1.87. The van der Waals surface area contributed by atoms with Crippen molar-refractivity contribution < 1.29 is 4.74 Å². The van der Waals surface area contributed by atoms with Crippen LogP contribution in [0.25, 0.3) is 10.9 Å². The Bertz CT molecular complexity index is 1070.